The van der Waals surface area contributed by atoms with Crippen molar-refractivity contribution in [1.82, 2.24) is 4.98 Å². The Hall–Kier alpha value is -2.95. The summed E-state index contributed by atoms with van der Waals surface area (Å²) < 4.78 is 5.24. The van der Waals surface area contributed by atoms with Gasteiger partial charge in [-0.25, -0.2) is 4.79 Å². The largest absolute Gasteiger partial charge is 0.444 e. The number of benzene rings is 2. The highest BCUT2D eigenvalue weighted by molar-refractivity contribution is 5.85. The quantitative estimate of drug-likeness (QED) is 0.618. The smallest absolute Gasteiger partial charge is 0.412 e. The van der Waals surface area contributed by atoms with Crippen molar-refractivity contribution in [3.8, 4) is 0 Å². The summed E-state index contributed by atoms with van der Waals surface area (Å²) in [6, 6.07) is 15.8. The molecule has 5 heteroatoms. The van der Waals surface area contributed by atoms with Crippen molar-refractivity contribution in [2.75, 3.05) is 10.6 Å². The lowest BCUT2D eigenvalue weighted by molar-refractivity contribution is 0.0636. The molecule has 0 unspecified atom stereocenters. The molecule has 3 rings (SSSR count). The highest BCUT2D eigenvalue weighted by atomic mass is 16.6. The molecule has 0 radical (unpaired) electrons. The first-order valence-electron chi connectivity index (χ1n) is 8.30. The van der Waals surface area contributed by atoms with Gasteiger partial charge in [0, 0.05) is 35.0 Å². The van der Waals surface area contributed by atoms with E-state index >= 15 is 0 Å². The van der Waals surface area contributed by atoms with E-state index in [0.717, 1.165) is 17.7 Å². The third kappa shape index (κ3) is 4.53. The lowest BCUT2D eigenvalue weighted by atomic mass is 10.1. The number of carbonyl (C=O) groups is 1. The number of amides is 1. The zero-order valence-corrected chi connectivity index (χ0v) is 14.7. The Labute approximate surface area is 147 Å². The van der Waals surface area contributed by atoms with Crippen molar-refractivity contribution in [2.45, 2.75) is 32.9 Å². The van der Waals surface area contributed by atoms with E-state index in [1.165, 1.54) is 10.9 Å². The van der Waals surface area contributed by atoms with Gasteiger partial charge >= 0.3 is 6.09 Å². The van der Waals surface area contributed by atoms with Gasteiger partial charge in [0.15, 0.2) is 0 Å². The zero-order chi connectivity index (χ0) is 17.9. The van der Waals surface area contributed by atoms with E-state index in [4.69, 9.17) is 4.74 Å². The molecule has 1 aromatic heterocycles. The molecular weight excluding hydrogens is 314 g/mol. The van der Waals surface area contributed by atoms with Gasteiger partial charge in [0.2, 0.25) is 0 Å². The topological polar surface area (TPSA) is 66.2 Å². The average Bonchev–Trinajstić information content (AvgIpc) is 2.96. The van der Waals surface area contributed by atoms with Crippen LogP contribution in [0.3, 0.4) is 0 Å². The Morgan fingerprint density at radius 3 is 2.44 bits per heavy atom. The molecule has 0 saturated heterocycles. The number of hydrogen-bond acceptors (Lipinski definition) is 3. The Kier molecular flexibility index (Phi) is 4.65. The van der Waals surface area contributed by atoms with Crippen LogP contribution >= 0.6 is 0 Å². The third-order valence-corrected chi connectivity index (χ3v) is 3.69. The number of fused-ring (bicyclic) bond motifs is 1. The molecule has 3 aromatic rings. The molecule has 0 atom stereocenters. The van der Waals surface area contributed by atoms with Gasteiger partial charge in [-0.15, -0.1) is 0 Å². The SMILES string of the molecule is CC(C)(C)OC(=O)Nc1ccc(NCc2c[nH]c3ccccc23)cc1. The molecule has 2 aromatic carbocycles. The second kappa shape index (κ2) is 6.89. The number of aromatic amines is 1. The second-order valence-electron chi connectivity index (χ2n) is 6.92. The van der Waals surface area contributed by atoms with Crippen molar-refractivity contribution < 1.29 is 9.53 Å². The maximum atomic E-state index is 11.8. The highest BCUT2D eigenvalue weighted by Gasteiger charge is 2.16. The van der Waals surface area contributed by atoms with E-state index in [0.29, 0.717) is 5.69 Å². The minimum absolute atomic E-state index is 0.452. The molecule has 3 N–H and O–H groups in total. The molecule has 0 aliphatic heterocycles. The van der Waals surface area contributed by atoms with Crippen LogP contribution in [-0.2, 0) is 11.3 Å². The minimum Gasteiger partial charge on any atom is -0.444 e. The zero-order valence-electron chi connectivity index (χ0n) is 14.7. The molecule has 0 bridgehead atoms. The van der Waals surface area contributed by atoms with E-state index in [2.05, 4.69) is 27.8 Å². The van der Waals surface area contributed by atoms with Crippen LogP contribution in [-0.4, -0.2) is 16.7 Å². The normalized spacial score (nSPS) is 11.3. The lowest BCUT2D eigenvalue weighted by Crippen LogP contribution is -2.27. The van der Waals surface area contributed by atoms with Gasteiger partial charge in [0.25, 0.3) is 0 Å². The Bertz CT molecular complexity index is 861. The van der Waals surface area contributed by atoms with Crippen LogP contribution in [0.5, 0.6) is 0 Å². The number of H-pyrrole nitrogens is 1. The van der Waals surface area contributed by atoms with Crippen LogP contribution in [0.25, 0.3) is 10.9 Å². The number of aromatic nitrogens is 1. The number of nitrogens with one attached hydrogen (secondary N) is 3. The number of ether oxygens (including phenoxy) is 1. The lowest BCUT2D eigenvalue weighted by Gasteiger charge is -2.19. The molecule has 0 aliphatic rings. The molecule has 5 nitrogen and oxygen atoms in total. The van der Waals surface area contributed by atoms with E-state index in [-0.39, 0.29) is 0 Å². The molecule has 1 amide bonds. The Morgan fingerprint density at radius 1 is 1.04 bits per heavy atom. The summed E-state index contributed by atoms with van der Waals surface area (Å²) in [6.07, 6.45) is 1.57. The van der Waals surface area contributed by atoms with Crippen LogP contribution in [0.15, 0.2) is 54.7 Å². The maximum Gasteiger partial charge on any atom is 0.412 e. The van der Waals surface area contributed by atoms with Gasteiger partial charge in [-0.3, -0.25) is 5.32 Å². The predicted molar refractivity (Wildman–Crippen MR) is 102 cm³/mol. The van der Waals surface area contributed by atoms with Gasteiger partial charge in [-0.2, -0.15) is 0 Å². The predicted octanol–water partition coefficient (Wildman–Crippen LogP) is 5.13. The van der Waals surface area contributed by atoms with Crippen molar-refractivity contribution in [3.05, 3.63) is 60.3 Å². The number of para-hydroxylation sites is 1. The van der Waals surface area contributed by atoms with Gasteiger partial charge < -0.3 is 15.0 Å². The van der Waals surface area contributed by atoms with Gasteiger partial charge in [0.05, 0.1) is 0 Å². The summed E-state index contributed by atoms with van der Waals surface area (Å²) >= 11 is 0. The summed E-state index contributed by atoms with van der Waals surface area (Å²) in [7, 11) is 0. The first-order valence-corrected chi connectivity index (χ1v) is 8.30. The van der Waals surface area contributed by atoms with Crippen molar-refractivity contribution >= 4 is 28.4 Å². The van der Waals surface area contributed by atoms with Crippen LogP contribution in [0.2, 0.25) is 0 Å². The van der Waals surface area contributed by atoms with Gasteiger partial charge in [0.1, 0.15) is 5.60 Å². The van der Waals surface area contributed by atoms with Gasteiger partial charge in [-0.1, -0.05) is 18.2 Å². The molecule has 0 saturated carbocycles. The summed E-state index contributed by atoms with van der Waals surface area (Å²) in [4.78, 5) is 15.0. The molecule has 1 heterocycles. The number of anilines is 2. The average molecular weight is 337 g/mol. The highest BCUT2D eigenvalue weighted by Crippen LogP contribution is 2.20. The van der Waals surface area contributed by atoms with Crippen LogP contribution in [0.4, 0.5) is 16.2 Å². The monoisotopic (exact) mass is 337 g/mol. The van der Waals surface area contributed by atoms with Crippen molar-refractivity contribution in [2.24, 2.45) is 0 Å². The summed E-state index contributed by atoms with van der Waals surface area (Å²) in [6.45, 7) is 6.24. The first kappa shape index (κ1) is 16.9. The summed E-state index contributed by atoms with van der Waals surface area (Å²) in [5, 5.41) is 7.34. The number of hydrogen-bond donors (Lipinski definition) is 3. The first-order chi connectivity index (χ1) is 11.9. The summed E-state index contributed by atoms with van der Waals surface area (Å²) in [5.41, 5.74) is 3.53. The van der Waals surface area contributed by atoms with E-state index in [9.17, 15) is 4.79 Å². The Morgan fingerprint density at radius 2 is 1.72 bits per heavy atom. The number of carbonyl (C=O) groups excluding carboxylic acids is 1. The van der Waals surface area contributed by atoms with Crippen LogP contribution in [0, 0.1) is 0 Å². The second-order valence-corrected chi connectivity index (χ2v) is 6.92. The van der Waals surface area contributed by atoms with E-state index in [1.54, 1.807) is 0 Å². The number of rotatable bonds is 4. The fourth-order valence-electron chi connectivity index (χ4n) is 2.57. The third-order valence-electron chi connectivity index (χ3n) is 3.69. The fraction of sp³-hybridized carbons (Fsp3) is 0.250. The minimum atomic E-state index is -0.509. The van der Waals surface area contributed by atoms with Crippen LogP contribution < -0.4 is 10.6 Å². The molecule has 130 valence electrons. The molecular formula is C20H23N3O2. The molecule has 0 aliphatic carbocycles. The Balaban J connectivity index is 1.58. The van der Waals surface area contributed by atoms with Crippen LogP contribution in [0.1, 0.15) is 26.3 Å². The standard InChI is InChI=1S/C20H23N3O2/c1-20(2,3)25-19(24)23-16-10-8-15(9-11-16)21-12-14-13-22-18-7-5-4-6-17(14)18/h4-11,13,21-22H,12H2,1-3H3,(H,23,24). The van der Waals surface area contributed by atoms with E-state index < -0.39 is 11.7 Å². The van der Waals surface area contributed by atoms with Crippen molar-refractivity contribution in [3.63, 3.8) is 0 Å². The summed E-state index contributed by atoms with van der Waals surface area (Å²) in [5.74, 6) is 0. The van der Waals surface area contributed by atoms with Crippen molar-refractivity contribution in [1.29, 1.82) is 0 Å². The van der Waals surface area contributed by atoms with E-state index in [1.807, 2.05) is 63.4 Å². The van der Waals surface area contributed by atoms with Gasteiger partial charge in [-0.05, 0) is 56.7 Å². The fourth-order valence-corrected chi connectivity index (χ4v) is 2.57. The maximum absolute atomic E-state index is 11.8. The molecule has 0 fully saturated rings. The molecule has 0 spiro atoms. The molecule has 25 heavy (non-hydrogen) atoms.